The number of nitrogens with zero attached hydrogens (tertiary/aromatic N) is 1. The lowest BCUT2D eigenvalue weighted by molar-refractivity contribution is -0.119. The SMILES string of the molecule is C=C/C(Cl)=C(\N=C(C)C)NC(C)c1ccc(Cl)cc1Cl.CC(=O)C1CC(F)(F)CN1.CCCC(C)CCC. The van der Waals surface area contributed by atoms with E-state index in [1.165, 1.54) is 32.6 Å². The number of carbonyl (C=O) groups is 1. The molecule has 2 atom stereocenters. The van der Waals surface area contributed by atoms with Crippen molar-refractivity contribution in [2.24, 2.45) is 10.9 Å². The summed E-state index contributed by atoms with van der Waals surface area (Å²) < 4.78 is 24.7. The zero-order valence-electron chi connectivity index (χ0n) is 23.7. The zero-order chi connectivity index (χ0) is 29.5. The lowest BCUT2D eigenvalue weighted by Gasteiger charge is -2.18. The minimum absolute atomic E-state index is 0.0634. The van der Waals surface area contributed by atoms with Crippen LogP contribution in [0.5, 0.6) is 0 Å². The predicted octanol–water partition coefficient (Wildman–Crippen LogP) is 9.51. The van der Waals surface area contributed by atoms with Crippen LogP contribution in [-0.4, -0.2) is 30.0 Å². The fourth-order valence-corrected chi connectivity index (χ4v) is 4.41. The van der Waals surface area contributed by atoms with E-state index in [-0.39, 0.29) is 24.8 Å². The molecule has 1 heterocycles. The Bertz CT molecular complexity index is 941. The van der Waals surface area contributed by atoms with Crippen LogP contribution in [-0.2, 0) is 4.79 Å². The number of Topliss-reactive ketones (excluding diaryl/α,β-unsaturated/α-hetero) is 1. The summed E-state index contributed by atoms with van der Waals surface area (Å²) >= 11 is 18.2. The maximum absolute atomic E-state index is 12.3. The molecule has 216 valence electrons. The molecule has 9 heteroatoms. The van der Waals surface area contributed by atoms with E-state index in [0.29, 0.717) is 20.9 Å². The van der Waals surface area contributed by atoms with Gasteiger partial charge in [-0.2, -0.15) is 0 Å². The third-order valence-electron chi connectivity index (χ3n) is 5.69. The Balaban J connectivity index is 0.000000630. The van der Waals surface area contributed by atoms with E-state index < -0.39 is 12.0 Å². The van der Waals surface area contributed by atoms with Crippen LogP contribution >= 0.6 is 34.8 Å². The van der Waals surface area contributed by atoms with Crippen LogP contribution in [0, 0.1) is 5.92 Å². The molecule has 2 unspecified atom stereocenters. The van der Waals surface area contributed by atoms with Crippen LogP contribution in [0.15, 0.2) is 46.7 Å². The van der Waals surface area contributed by atoms with Crippen molar-refractivity contribution in [3.8, 4) is 0 Å². The quantitative estimate of drug-likeness (QED) is 0.209. The highest BCUT2D eigenvalue weighted by atomic mass is 35.5. The van der Waals surface area contributed by atoms with Crippen molar-refractivity contribution in [3.05, 3.63) is 57.3 Å². The molecule has 38 heavy (non-hydrogen) atoms. The molecule has 1 aromatic carbocycles. The van der Waals surface area contributed by atoms with E-state index in [2.05, 4.69) is 43.0 Å². The summed E-state index contributed by atoms with van der Waals surface area (Å²) in [6, 6.07) is 4.70. The second kappa shape index (κ2) is 18.8. The van der Waals surface area contributed by atoms with Gasteiger partial charge in [-0.25, -0.2) is 13.8 Å². The molecule has 0 aliphatic carbocycles. The Morgan fingerprint density at radius 1 is 1.21 bits per heavy atom. The van der Waals surface area contributed by atoms with Crippen molar-refractivity contribution < 1.29 is 13.6 Å². The largest absolute Gasteiger partial charge is 0.362 e. The first-order valence-electron chi connectivity index (χ1n) is 13.0. The average molecular weight is 595 g/mol. The Labute approximate surface area is 243 Å². The number of rotatable bonds is 10. The molecule has 1 saturated heterocycles. The molecule has 2 rings (SSSR count). The van der Waals surface area contributed by atoms with Gasteiger partial charge in [0.1, 0.15) is 11.6 Å². The van der Waals surface area contributed by atoms with Gasteiger partial charge in [0.15, 0.2) is 0 Å². The second-order valence-corrected chi connectivity index (χ2v) is 11.0. The maximum atomic E-state index is 12.3. The summed E-state index contributed by atoms with van der Waals surface area (Å²) in [5.41, 5.74) is 1.81. The Morgan fingerprint density at radius 2 is 1.79 bits per heavy atom. The smallest absolute Gasteiger partial charge is 0.262 e. The van der Waals surface area contributed by atoms with Gasteiger partial charge >= 0.3 is 0 Å². The molecule has 2 N–H and O–H groups in total. The summed E-state index contributed by atoms with van der Waals surface area (Å²) in [5, 5.41) is 7.35. The highest BCUT2D eigenvalue weighted by Crippen LogP contribution is 2.27. The normalized spacial score (nSPS) is 17.2. The molecule has 0 aromatic heterocycles. The fraction of sp³-hybridized carbons (Fsp3) is 0.586. The van der Waals surface area contributed by atoms with E-state index in [9.17, 15) is 13.6 Å². The van der Waals surface area contributed by atoms with Crippen molar-refractivity contribution in [3.63, 3.8) is 0 Å². The van der Waals surface area contributed by atoms with E-state index in [0.717, 1.165) is 17.2 Å². The molecule has 0 amide bonds. The van der Waals surface area contributed by atoms with Crippen LogP contribution in [0.2, 0.25) is 10.0 Å². The number of nitrogens with one attached hydrogen (secondary N) is 2. The van der Waals surface area contributed by atoms with Gasteiger partial charge in [-0.15, -0.1) is 0 Å². The van der Waals surface area contributed by atoms with Gasteiger partial charge in [0.25, 0.3) is 5.92 Å². The molecular formula is C29H44Cl3F2N3O. The minimum Gasteiger partial charge on any atom is -0.362 e. The van der Waals surface area contributed by atoms with Crippen LogP contribution in [0.3, 0.4) is 0 Å². The number of aliphatic imine (C=N–C) groups is 1. The number of hydrogen-bond acceptors (Lipinski definition) is 4. The summed E-state index contributed by atoms with van der Waals surface area (Å²) in [4.78, 5) is 14.9. The Morgan fingerprint density at radius 3 is 2.16 bits per heavy atom. The van der Waals surface area contributed by atoms with Gasteiger partial charge in [0.2, 0.25) is 0 Å². The number of benzene rings is 1. The lowest BCUT2D eigenvalue weighted by atomic mass is 10.0. The van der Waals surface area contributed by atoms with Gasteiger partial charge in [0.05, 0.1) is 23.7 Å². The molecule has 0 spiro atoms. The first kappa shape index (κ1) is 36.5. The van der Waals surface area contributed by atoms with Gasteiger partial charge in [-0.3, -0.25) is 4.79 Å². The summed E-state index contributed by atoms with van der Waals surface area (Å²) in [6.07, 6.45) is 6.72. The van der Waals surface area contributed by atoms with Crippen LogP contribution in [0.4, 0.5) is 8.78 Å². The summed E-state index contributed by atoms with van der Waals surface area (Å²) in [6.45, 7) is 17.2. The average Bonchev–Trinajstić information content (AvgIpc) is 3.19. The molecule has 1 aromatic rings. The van der Waals surface area contributed by atoms with E-state index >= 15 is 0 Å². The second-order valence-electron chi connectivity index (χ2n) is 9.78. The van der Waals surface area contributed by atoms with E-state index in [4.69, 9.17) is 34.8 Å². The number of allylic oxidation sites excluding steroid dienone is 2. The molecule has 1 fully saturated rings. The standard InChI is InChI=1S/C15H17Cl3N2.C8H18.C6H9F2NO/c1-5-13(17)15(19-9(2)3)20-10(4)12-7-6-11(16)8-14(12)18;1-4-6-8(3)7-5-2;1-4(10)5-2-6(7,8)3-9-5/h5-8,10,20H,1H2,2-4H3;8H,4-7H2,1-3H3;5,9H,2-3H2,1H3/b15-13-;;. The molecule has 4 nitrogen and oxygen atoms in total. The highest BCUT2D eigenvalue weighted by molar-refractivity contribution is 6.35. The number of hydrogen-bond donors (Lipinski definition) is 2. The van der Waals surface area contributed by atoms with Crippen LogP contribution in [0.25, 0.3) is 0 Å². The van der Waals surface area contributed by atoms with Crippen LogP contribution in [0.1, 0.15) is 92.2 Å². The molecule has 0 saturated carbocycles. The molecule has 0 radical (unpaired) electrons. The first-order valence-corrected chi connectivity index (χ1v) is 14.2. The van der Waals surface area contributed by atoms with Crippen molar-refractivity contribution in [1.29, 1.82) is 0 Å². The Hall–Kier alpha value is -1.47. The third kappa shape index (κ3) is 15.2. The molecule has 0 bridgehead atoms. The number of carbonyl (C=O) groups excluding carboxylic acids is 1. The molecule has 1 aliphatic rings. The topological polar surface area (TPSA) is 53.5 Å². The van der Waals surface area contributed by atoms with Crippen molar-refractivity contribution >= 4 is 46.3 Å². The summed E-state index contributed by atoms with van der Waals surface area (Å²) in [5.74, 6) is -1.36. The van der Waals surface area contributed by atoms with E-state index in [1.54, 1.807) is 18.2 Å². The maximum Gasteiger partial charge on any atom is 0.262 e. The predicted molar refractivity (Wildman–Crippen MR) is 161 cm³/mol. The highest BCUT2D eigenvalue weighted by Gasteiger charge is 2.40. The van der Waals surface area contributed by atoms with E-state index in [1.807, 2.05) is 26.8 Å². The minimum atomic E-state index is -2.68. The monoisotopic (exact) mass is 593 g/mol. The summed E-state index contributed by atoms with van der Waals surface area (Å²) in [7, 11) is 0. The first-order chi connectivity index (χ1) is 17.7. The van der Waals surface area contributed by atoms with Crippen LogP contribution < -0.4 is 10.6 Å². The Kier molecular flexibility index (Phi) is 18.0. The fourth-order valence-electron chi connectivity index (χ4n) is 3.74. The third-order valence-corrected chi connectivity index (χ3v) is 6.58. The molecule has 1 aliphatic heterocycles. The zero-order valence-corrected chi connectivity index (χ0v) is 26.0. The van der Waals surface area contributed by atoms with Gasteiger partial charge < -0.3 is 10.6 Å². The van der Waals surface area contributed by atoms with Gasteiger partial charge in [-0.1, -0.05) is 93.9 Å². The lowest BCUT2D eigenvalue weighted by Crippen LogP contribution is -2.28. The van der Waals surface area contributed by atoms with Crippen molar-refractivity contribution in [2.45, 2.75) is 98.6 Å². The molecular weight excluding hydrogens is 551 g/mol. The van der Waals surface area contributed by atoms with Crippen molar-refractivity contribution in [1.82, 2.24) is 10.6 Å². The number of ketones is 1. The van der Waals surface area contributed by atoms with Gasteiger partial charge in [0, 0.05) is 22.2 Å². The van der Waals surface area contributed by atoms with Crippen molar-refractivity contribution in [2.75, 3.05) is 6.54 Å². The van der Waals surface area contributed by atoms with Gasteiger partial charge in [-0.05, 0) is 57.4 Å². The number of alkyl halides is 2. The number of halogens is 5.